The molecule has 0 aliphatic carbocycles. The van der Waals surface area contributed by atoms with Crippen molar-refractivity contribution < 1.29 is 9.32 Å². The van der Waals surface area contributed by atoms with Crippen LogP contribution in [0.15, 0.2) is 9.32 Å². The van der Waals surface area contributed by atoms with Crippen molar-refractivity contribution in [2.45, 2.75) is 27.2 Å². The molecule has 2 rings (SSSR count). The number of carbonyl (C=O) groups is 1. The van der Waals surface area contributed by atoms with Crippen molar-refractivity contribution >= 4 is 11.9 Å². The minimum atomic E-state index is -0.373. The van der Waals surface area contributed by atoms with Gasteiger partial charge in [0.2, 0.25) is 11.9 Å². The summed E-state index contributed by atoms with van der Waals surface area (Å²) in [7, 11) is 0. The number of H-pyrrole nitrogens is 1. The van der Waals surface area contributed by atoms with Crippen LogP contribution in [0.4, 0.5) is 5.95 Å². The molecular weight excluding hydrogens is 264 g/mol. The molecule has 2 aromatic rings. The van der Waals surface area contributed by atoms with Gasteiger partial charge >= 0.3 is 0 Å². The first-order valence-corrected chi connectivity index (χ1v) is 5.87. The number of carbonyl (C=O) groups excluding carboxylic acids is 1. The van der Waals surface area contributed by atoms with Crippen molar-refractivity contribution in [1.82, 2.24) is 25.8 Å². The molecule has 2 heterocycles. The first-order chi connectivity index (χ1) is 9.47. The van der Waals surface area contributed by atoms with Gasteiger partial charge in [0, 0.05) is 5.56 Å². The molecule has 9 heteroatoms. The molecule has 0 bridgehead atoms. The van der Waals surface area contributed by atoms with E-state index in [1.165, 1.54) is 6.92 Å². The third-order valence-electron chi connectivity index (χ3n) is 2.70. The number of amides is 1. The second kappa shape index (κ2) is 5.51. The Morgan fingerprint density at radius 1 is 1.25 bits per heavy atom. The van der Waals surface area contributed by atoms with Crippen LogP contribution in [0.5, 0.6) is 0 Å². The maximum atomic E-state index is 11.8. The molecular formula is C11H14N6O3. The second-order valence-corrected chi connectivity index (χ2v) is 4.24. The Bertz CT molecular complexity index is 670. The van der Waals surface area contributed by atoms with Crippen molar-refractivity contribution in [1.29, 1.82) is 0 Å². The molecule has 0 aliphatic rings. The van der Waals surface area contributed by atoms with Crippen molar-refractivity contribution in [3.63, 3.8) is 0 Å². The van der Waals surface area contributed by atoms with Gasteiger partial charge in [0.05, 0.1) is 12.1 Å². The fraction of sp³-hybridized carbons (Fsp3) is 0.364. The maximum Gasteiger partial charge on any atom is 0.274 e. The number of hydrogen-bond acceptors (Lipinski definition) is 7. The molecule has 2 aromatic heterocycles. The molecule has 20 heavy (non-hydrogen) atoms. The fourth-order valence-corrected chi connectivity index (χ4v) is 1.54. The highest BCUT2D eigenvalue weighted by atomic mass is 16.5. The van der Waals surface area contributed by atoms with Crippen LogP contribution in [0, 0.1) is 20.8 Å². The Morgan fingerprint density at radius 2 is 2.00 bits per heavy atom. The molecule has 0 spiro atoms. The summed E-state index contributed by atoms with van der Waals surface area (Å²) in [6, 6.07) is 0. The van der Waals surface area contributed by atoms with Gasteiger partial charge in [0.15, 0.2) is 0 Å². The van der Waals surface area contributed by atoms with E-state index in [2.05, 4.69) is 31.2 Å². The summed E-state index contributed by atoms with van der Waals surface area (Å²) < 4.78 is 4.97. The molecule has 0 radical (unpaired) electrons. The first kappa shape index (κ1) is 13.7. The molecule has 3 N–H and O–H groups in total. The normalized spacial score (nSPS) is 10.3. The number of hydrazine groups is 1. The lowest BCUT2D eigenvalue weighted by molar-refractivity contribution is -0.120. The molecule has 0 saturated heterocycles. The van der Waals surface area contributed by atoms with E-state index < -0.39 is 0 Å². The molecule has 0 aliphatic heterocycles. The van der Waals surface area contributed by atoms with Gasteiger partial charge < -0.3 is 4.52 Å². The molecule has 0 fully saturated rings. The van der Waals surface area contributed by atoms with Gasteiger partial charge in [-0.1, -0.05) is 5.16 Å². The quantitative estimate of drug-likeness (QED) is 0.659. The number of anilines is 1. The van der Waals surface area contributed by atoms with Gasteiger partial charge in [-0.25, -0.2) is 0 Å². The van der Waals surface area contributed by atoms with Crippen LogP contribution in [-0.2, 0) is 11.2 Å². The van der Waals surface area contributed by atoms with Crippen LogP contribution in [0.1, 0.15) is 22.7 Å². The third-order valence-corrected chi connectivity index (χ3v) is 2.70. The molecule has 9 nitrogen and oxygen atoms in total. The van der Waals surface area contributed by atoms with Crippen LogP contribution in [0.3, 0.4) is 0 Å². The van der Waals surface area contributed by atoms with E-state index in [0.717, 1.165) is 5.56 Å². The summed E-state index contributed by atoms with van der Waals surface area (Å²) in [5.41, 5.74) is 6.16. The average Bonchev–Trinajstić information content (AvgIpc) is 2.72. The Kier molecular flexibility index (Phi) is 3.78. The van der Waals surface area contributed by atoms with Crippen LogP contribution >= 0.6 is 0 Å². The molecule has 0 unspecified atom stereocenters. The second-order valence-electron chi connectivity index (χ2n) is 4.24. The van der Waals surface area contributed by atoms with Crippen LogP contribution in [-0.4, -0.2) is 26.2 Å². The first-order valence-electron chi connectivity index (χ1n) is 5.87. The Labute approximate surface area is 113 Å². The van der Waals surface area contributed by atoms with E-state index in [-0.39, 0.29) is 29.5 Å². The van der Waals surface area contributed by atoms with Crippen molar-refractivity contribution in [3.05, 3.63) is 33.1 Å². The summed E-state index contributed by atoms with van der Waals surface area (Å²) in [6.45, 7) is 5.03. The molecule has 106 valence electrons. The van der Waals surface area contributed by atoms with E-state index >= 15 is 0 Å². The predicted octanol–water partition coefficient (Wildman–Crippen LogP) is -0.236. The Hall–Kier alpha value is -2.71. The van der Waals surface area contributed by atoms with Gasteiger partial charge in [0.1, 0.15) is 11.5 Å². The summed E-state index contributed by atoms with van der Waals surface area (Å²) >= 11 is 0. The monoisotopic (exact) mass is 278 g/mol. The Balaban J connectivity index is 1.95. The summed E-state index contributed by atoms with van der Waals surface area (Å²) in [5.74, 6) is 0.344. The van der Waals surface area contributed by atoms with Crippen molar-refractivity contribution in [3.8, 4) is 0 Å². The number of aromatic amines is 1. The maximum absolute atomic E-state index is 11.8. The van der Waals surface area contributed by atoms with Crippen LogP contribution in [0.25, 0.3) is 0 Å². The standard InChI is InChI=1S/C11H14N6O3/c1-5-8(7(3)20-17-5)4-9(18)14-16-11-12-10(19)6(2)13-15-11/h4H2,1-3H3,(H,14,18)(H2,12,15,16,19). The van der Waals surface area contributed by atoms with E-state index in [1.807, 2.05) is 0 Å². The average molecular weight is 278 g/mol. The fourth-order valence-electron chi connectivity index (χ4n) is 1.54. The number of aryl methyl sites for hydroxylation is 3. The van der Waals surface area contributed by atoms with Crippen LogP contribution < -0.4 is 16.4 Å². The predicted molar refractivity (Wildman–Crippen MR) is 68.8 cm³/mol. The minimum absolute atomic E-state index is 0.0627. The summed E-state index contributed by atoms with van der Waals surface area (Å²) in [6.07, 6.45) is 0.109. The summed E-state index contributed by atoms with van der Waals surface area (Å²) in [4.78, 5) is 25.5. The summed E-state index contributed by atoms with van der Waals surface area (Å²) in [5, 5.41) is 11.1. The van der Waals surface area contributed by atoms with E-state index in [4.69, 9.17) is 4.52 Å². The van der Waals surface area contributed by atoms with Crippen molar-refractivity contribution in [2.75, 3.05) is 5.43 Å². The highest BCUT2D eigenvalue weighted by molar-refractivity contribution is 5.79. The van der Waals surface area contributed by atoms with E-state index in [1.54, 1.807) is 13.8 Å². The number of nitrogens with zero attached hydrogens (tertiary/aromatic N) is 3. The zero-order chi connectivity index (χ0) is 14.7. The number of hydrogen-bond donors (Lipinski definition) is 3. The molecule has 0 saturated carbocycles. The number of nitrogens with one attached hydrogen (secondary N) is 3. The largest absolute Gasteiger partial charge is 0.361 e. The SMILES string of the molecule is Cc1noc(C)c1CC(=O)NNc1nnc(C)c(=O)[nH]1. The van der Waals surface area contributed by atoms with Crippen molar-refractivity contribution in [2.24, 2.45) is 0 Å². The Morgan fingerprint density at radius 3 is 2.60 bits per heavy atom. The van der Waals surface area contributed by atoms with Gasteiger partial charge in [0.25, 0.3) is 5.56 Å². The van der Waals surface area contributed by atoms with Gasteiger partial charge in [-0.2, -0.15) is 0 Å². The lowest BCUT2D eigenvalue weighted by atomic mass is 10.1. The lowest BCUT2D eigenvalue weighted by Gasteiger charge is -2.06. The third kappa shape index (κ3) is 2.99. The van der Waals surface area contributed by atoms with Gasteiger partial charge in [-0.05, 0) is 20.8 Å². The smallest absolute Gasteiger partial charge is 0.274 e. The van der Waals surface area contributed by atoms with Gasteiger partial charge in [-0.3, -0.25) is 25.4 Å². The zero-order valence-electron chi connectivity index (χ0n) is 11.3. The molecule has 0 aromatic carbocycles. The molecule has 1 amide bonds. The van der Waals surface area contributed by atoms with E-state index in [9.17, 15) is 9.59 Å². The number of aromatic nitrogens is 4. The highest BCUT2D eigenvalue weighted by Crippen LogP contribution is 2.12. The topological polar surface area (TPSA) is 126 Å². The highest BCUT2D eigenvalue weighted by Gasteiger charge is 2.13. The van der Waals surface area contributed by atoms with E-state index in [0.29, 0.717) is 11.5 Å². The zero-order valence-corrected chi connectivity index (χ0v) is 11.3. The number of rotatable bonds is 4. The van der Waals surface area contributed by atoms with Crippen LogP contribution in [0.2, 0.25) is 0 Å². The molecule has 0 atom stereocenters. The van der Waals surface area contributed by atoms with Gasteiger partial charge in [-0.15, -0.1) is 10.2 Å². The lowest BCUT2D eigenvalue weighted by Crippen LogP contribution is -2.33. The minimum Gasteiger partial charge on any atom is -0.361 e.